The van der Waals surface area contributed by atoms with Crippen molar-refractivity contribution < 1.29 is 14.3 Å². The molecule has 0 atom stereocenters. The first-order valence-electron chi connectivity index (χ1n) is 12.7. The van der Waals surface area contributed by atoms with Crippen LogP contribution >= 0.6 is 0 Å². The zero-order chi connectivity index (χ0) is 25.0. The number of amides is 2. The highest BCUT2D eigenvalue weighted by atomic mass is 16.5. The van der Waals surface area contributed by atoms with E-state index in [-0.39, 0.29) is 29.2 Å². The maximum Gasteiger partial charge on any atom is 0.272 e. The normalized spacial score (nSPS) is 17.0. The van der Waals surface area contributed by atoms with Gasteiger partial charge in [-0.25, -0.2) is 5.10 Å². The molecular weight excluding hydrogens is 456 g/mol. The fourth-order valence-corrected chi connectivity index (χ4v) is 5.44. The Kier molecular flexibility index (Phi) is 7.02. The molecule has 3 aromatic rings. The van der Waals surface area contributed by atoms with Gasteiger partial charge in [-0.3, -0.25) is 14.4 Å². The Morgan fingerprint density at radius 1 is 0.889 bits per heavy atom. The van der Waals surface area contributed by atoms with Crippen molar-refractivity contribution in [2.24, 2.45) is 5.41 Å². The summed E-state index contributed by atoms with van der Waals surface area (Å²) in [5.74, 6) is 1.05. The summed E-state index contributed by atoms with van der Waals surface area (Å²) >= 11 is 0. The first-order valence-corrected chi connectivity index (χ1v) is 12.7. The first-order chi connectivity index (χ1) is 17.5. The number of fused-ring (bicyclic) bond motifs is 1. The minimum Gasteiger partial charge on any atom is -0.494 e. The lowest BCUT2D eigenvalue weighted by Crippen LogP contribution is -2.44. The van der Waals surface area contributed by atoms with Gasteiger partial charge in [-0.1, -0.05) is 36.4 Å². The number of para-hydroxylation sites is 1. The summed E-state index contributed by atoms with van der Waals surface area (Å²) in [6.07, 6.45) is 4.16. The lowest BCUT2D eigenvalue weighted by molar-refractivity contribution is -0.134. The first kappa shape index (κ1) is 24.0. The van der Waals surface area contributed by atoms with Crippen LogP contribution in [0.1, 0.15) is 37.8 Å². The number of H-pyrrole nitrogens is 1. The number of carbonyl (C=O) groups excluding carboxylic acids is 2. The molecule has 8 heteroatoms. The number of nitrogens with one attached hydrogen (secondary N) is 1. The molecule has 188 valence electrons. The lowest BCUT2D eigenvalue weighted by Gasteiger charge is -2.39. The van der Waals surface area contributed by atoms with E-state index in [1.165, 1.54) is 0 Å². The molecule has 0 radical (unpaired) electrons. The van der Waals surface area contributed by atoms with Crippen molar-refractivity contribution >= 4 is 22.6 Å². The molecule has 5 rings (SSSR count). The van der Waals surface area contributed by atoms with Crippen LogP contribution in [0.2, 0.25) is 0 Å². The SMILES string of the molecule is O=C(CCCOc1ccccc1)N1CCC2(CC1)CCN(C(=O)Cc1n[nH]c(=O)c3ccccc13)C2. The fourth-order valence-electron chi connectivity index (χ4n) is 5.44. The molecular formula is C28H32N4O4. The van der Waals surface area contributed by atoms with E-state index in [4.69, 9.17) is 4.74 Å². The Morgan fingerprint density at radius 2 is 1.56 bits per heavy atom. The zero-order valence-corrected chi connectivity index (χ0v) is 20.4. The second-order valence-electron chi connectivity index (χ2n) is 9.93. The number of piperidine rings is 1. The van der Waals surface area contributed by atoms with Gasteiger partial charge in [0.2, 0.25) is 11.8 Å². The Balaban J connectivity index is 1.09. The van der Waals surface area contributed by atoms with E-state index >= 15 is 0 Å². The van der Waals surface area contributed by atoms with Crippen LogP contribution in [-0.2, 0) is 16.0 Å². The predicted octanol–water partition coefficient (Wildman–Crippen LogP) is 3.17. The van der Waals surface area contributed by atoms with Crippen molar-refractivity contribution in [3.05, 3.63) is 70.6 Å². The Hall–Kier alpha value is -3.68. The van der Waals surface area contributed by atoms with Gasteiger partial charge < -0.3 is 14.5 Å². The van der Waals surface area contributed by atoms with E-state index in [0.29, 0.717) is 30.5 Å². The summed E-state index contributed by atoms with van der Waals surface area (Å²) in [5.41, 5.74) is 0.448. The molecule has 0 bridgehead atoms. The van der Waals surface area contributed by atoms with Gasteiger partial charge in [-0.05, 0) is 49.3 Å². The number of aromatic nitrogens is 2. The number of hydrogen-bond donors (Lipinski definition) is 1. The third-order valence-corrected chi connectivity index (χ3v) is 7.61. The number of nitrogens with zero attached hydrogens (tertiary/aromatic N) is 3. The van der Waals surface area contributed by atoms with Crippen molar-refractivity contribution in [1.29, 1.82) is 0 Å². The number of carbonyl (C=O) groups is 2. The van der Waals surface area contributed by atoms with Gasteiger partial charge in [0.15, 0.2) is 0 Å². The summed E-state index contributed by atoms with van der Waals surface area (Å²) in [6, 6.07) is 16.9. The zero-order valence-electron chi connectivity index (χ0n) is 20.4. The van der Waals surface area contributed by atoms with Crippen molar-refractivity contribution in [3.8, 4) is 5.75 Å². The molecule has 1 N–H and O–H groups in total. The molecule has 0 unspecified atom stereocenters. The maximum atomic E-state index is 13.1. The van der Waals surface area contributed by atoms with Crippen molar-refractivity contribution in [2.45, 2.75) is 38.5 Å². The summed E-state index contributed by atoms with van der Waals surface area (Å²) in [5, 5.41) is 7.96. The van der Waals surface area contributed by atoms with Crippen LogP contribution in [0, 0.1) is 5.41 Å². The highest BCUT2D eigenvalue weighted by molar-refractivity contribution is 5.88. The highest BCUT2D eigenvalue weighted by Gasteiger charge is 2.42. The third-order valence-electron chi connectivity index (χ3n) is 7.61. The Bertz CT molecular complexity index is 1280. The van der Waals surface area contributed by atoms with Gasteiger partial charge in [0.1, 0.15) is 5.75 Å². The van der Waals surface area contributed by atoms with Crippen LogP contribution < -0.4 is 10.3 Å². The molecule has 2 amide bonds. The van der Waals surface area contributed by atoms with Crippen LogP contribution in [0.3, 0.4) is 0 Å². The third kappa shape index (κ3) is 5.27. The van der Waals surface area contributed by atoms with Crippen LogP contribution in [-0.4, -0.2) is 64.6 Å². The van der Waals surface area contributed by atoms with E-state index in [0.717, 1.165) is 56.6 Å². The molecule has 36 heavy (non-hydrogen) atoms. The number of hydrogen-bond acceptors (Lipinski definition) is 5. The summed E-state index contributed by atoms with van der Waals surface area (Å²) in [4.78, 5) is 41.7. The number of likely N-dealkylation sites (tertiary alicyclic amines) is 2. The van der Waals surface area contributed by atoms with E-state index in [9.17, 15) is 14.4 Å². The Labute approximate surface area is 210 Å². The average molecular weight is 489 g/mol. The topological polar surface area (TPSA) is 95.6 Å². The van der Waals surface area contributed by atoms with Crippen LogP contribution in [0.15, 0.2) is 59.4 Å². The molecule has 2 aliphatic rings. The number of rotatable bonds is 7. The molecule has 1 aromatic heterocycles. The second kappa shape index (κ2) is 10.5. The molecule has 0 aliphatic carbocycles. The van der Waals surface area contributed by atoms with Crippen molar-refractivity contribution in [3.63, 3.8) is 0 Å². The highest BCUT2D eigenvalue weighted by Crippen LogP contribution is 2.40. The van der Waals surface area contributed by atoms with Gasteiger partial charge >= 0.3 is 0 Å². The van der Waals surface area contributed by atoms with E-state index in [1.807, 2.05) is 58.3 Å². The number of aromatic amines is 1. The second-order valence-corrected chi connectivity index (χ2v) is 9.93. The van der Waals surface area contributed by atoms with E-state index < -0.39 is 0 Å². The molecule has 0 saturated carbocycles. The molecule has 3 heterocycles. The maximum absolute atomic E-state index is 13.1. The molecule has 2 fully saturated rings. The van der Waals surface area contributed by atoms with E-state index in [1.54, 1.807) is 6.07 Å². The Morgan fingerprint density at radius 3 is 2.31 bits per heavy atom. The minimum atomic E-state index is -0.244. The fraction of sp³-hybridized carbons (Fsp3) is 0.429. The molecule has 1 spiro atoms. The largest absolute Gasteiger partial charge is 0.494 e. The summed E-state index contributed by atoms with van der Waals surface area (Å²) in [7, 11) is 0. The van der Waals surface area contributed by atoms with Gasteiger partial charge in [0.25, 0.3) is 5.56 Å². The summed E-state index contributed by atoms with van der Waals surface area (Å²) < 4.78 is 5.70. The smallest absolute Gasteiger partial charge is 0.272 e. The van der Waals surface area contributed by atoms with Crippen molar-refractivity contribution in [2.75, 3.05) is 32.8 Å². The quantitative estimate of drug-likeness (QED) is 0.516. The molecule has 2 saturated heterocycles. The van der Waals surface area contributed by atoms with Crippen LogP contribution in [0.25, 0.3) is 10.8 Å². The van der Waals surface area contributed by atoms with Gasteiger partial charge in [0.05, 0.1) is 24.1 Å². The minimum absolute atomic E-state index is 0.0356. The molecule has 2 aliphatic heterocycles. The summed E-state index contributed by atoms with van der Waals surface area (Å²) in [6.45, 7) is 3.47. The standard InChI is InChI=1S/C28H32N4O4/c33-25(11-6-18-36-21-7-2-1-3-8-21)31-15-12-28(13-16-31)14-17-32(20-28)26(34)19-24-22-9-4-5-10-23(22)27(35)30-29-24/h1-5,7-10H,6,11-20H2,(H,30,35). The average Bonchev–Trinajstić information content (AvgIpc) is 3.33. The monoisotopic (exact) mass is 488 g/mol. The van der Waals surface area contributed by atoms with Gasteiger partial charge in [0, 0.05) is 38.0 Å². The van der Waals surface area contributed by atoms with E-state index in [2.05, 4.69) is 10.2 Å². The van der Waals surface area contributed by atoms with Gasteiger partial charge in [-0.2, -0.15) is 5.10 Å². The predicted molar refractivity (Wildman–Crippen MR) is 137 cm³/mol. The number of ether oxygens (including phenoxy) is 1. The number of benzene rings is 2. The molecule has 8 nitrogen and oxygen atoms in total. The molecule has 2 aromatic carbocycles. The lowest BCUT2D eigenvalue weighted by atomic mass is 9.77. The van der Waals surface area contributed by atoms with Crippen LogP contribution in [0.4, 0.5) is 0 Å². The van der Waals surface area contributed by atoms with Gasteiger partial charge in [-0.15, -0.1) is 0 Å². The van der Waals surface area contributed by atoms with Crippen molar-refractivity contribution in [1.82, 2.24) is 20.0 Å². The van der Waals surface area contributed by atoms with Crippen LogP contribution in [0.5, 0.6) is 5.75 Å².